The Bertz CT molecular complexity index is 1980. The van der Waals surface area contributed by atoms with Crippen molar-refractivity contribution in [2.24, 2.45) is 76.9 Å². The zero-order chi connectivity index (χ0) is 45.6. The molecule has 0 saturated heterocycles. The molecule has 0 bridgehead atoms. The van der Waals surface area contributed by atoms with Gasteiger partial charge in [0.05, 0.1) is 0 Å². The molecule has 12 unspecified atom stereocenters. The zero-order valence-corrected chi connectivity index (χ0v) is 42.4. The summed E-state index contributed by atoms with van der Waals surface area (Å²) in [5.41, 5.74) is 9.11. The van der Waals surface area contributed by atoms with E-state index in [0.29, 0.717) is 17.8 Å². The average molecular weight is 885 g/mol. The van der Waals surface area contributed by atoms with Crippen LogP contribution in [0.1, 0.15) is 199 Å². The molecule has 0 radical (unpaired) electrons. The van der Waals surface area contributed by atoms with Gasteiger partial charge in [-0.1, -0.05) is 114 Å². The number of benzene rings is 3. The van der Waals surface area contributed by atoms with Gasteiger partial charge in [0, 0.05) is 0 Å². The largest absolute Gasteiger partial charge is 0.103 e. The highest BCUT2D eigenvalue weighted by Crippen LogP contribution is 2.60. The van der Waals surface area contributed by atoms with E-state index >= 15 is 0 Å². The Balaban J connectivity index is 1.02. The van der Waals surface area contributed by atoms with Crippen LogP contribution in [0, 0.1) is 97.7 Å². The summed E-state index contributed by atoms with van der Waals surface area (Å²) >= 11 is 0. The minimum absolute atomic E-state index is 0.702. The van der Waals surface area contributed by atoms with Gasteiger partial charge in [-0.2, -0.15) is 0 Å². The minimum atomic E-state index is 0.702. The van der Waals surface area contributed by atoms with Gasteiger partial charge in [-0.25, -0.2) is 0 Å². The molecule has 0 aromatic heterocycles. The second-order valence-electron chi connectivity index (χ2n) is 24.2. The molecule has 0 spiro atoms. The van der Waals surface area contributed by atoms with Crippen molar-refractivity contribution < 1.29 is 0 Å². The number of hydrogen-bond donors (Lipinski definition) is 0. The Morgan fingerprint density at radius 3 is 1.58 bits per heavy atom. The lowest BCUT2D eigenvalue weighted by atomic mass is 9.51. The molecule has 0 heterocycles. The maximum absolute atomic E-state index is 4.48. The highest BCUT2D eigenvalue weighted by Gasteiger charge is 2.50. The van der Waals surface area contributed by atoms with E-state index in [4.69, 9.17) is 0 Å². The highest BCUT2D eigenvalue weighted by atomic mass is 14.5. The predicted octanol–water partition coefficient (Wildman–Crippen LogP) is 18.9. The van der Waals surface area contributed by atoms with Gasteiger partial charge >= 0.3 is 0 Å². The third-order valence-corrected chi connectivity index (χ3v) is 20.7. The molecule has 6 fully saturated rings. The lowest BCUT2D eigenvalue weighted by Crippen LogP contribution is -2.45. The second kappa shape index (κ2) is 22.5. The van der Waals surface area contributed by atoms with Crippen molar-refractivity contribution in [3.63, 3.8) is 0 Å². The van der Waals surface area contributed by atoms with Gasteiger partial charge < -0.3 is 0 Å². The van der Waals surface area contributed by atoms with E-state index in [1.165, 1.54) is 158 Å². The molecular formula is C66H92. The van der Waals surface area contributed by atoms with Crippen LogP contribution in [0.15, 0.2) is 110 Å². The van der Waals surface area contributed by atoms with Crippen LogP contribution in [-0.4, -0.2) is 0 Å². The highest BCUT2D eigenvalue weighted by molar-refractivity contribution is 5.29. The molecule has 0 heteroatoms. The normalized spacial score (nSPS) is 37.9. The molecule has 6 aliphatic carbocycles. The summed E-state index contributed by atoms with van der Waals surface area (Å²) in [7, 11) is 0. The fourth-order valence-corrected chi connectivity index (χ4v) is 17.1. The van der Waals surface area contributed by atoms with Gasteiger partial charge in [0.25, 0.3) is 0 Å². The maximum Gasteiger partial charge on any atom is -0.0131 e. The van der Waals surface area contributed by atoms with Crippen LogP contribution in [0.25, 0.3) is 0 Å². The van der Waals surface area contributed by atoms with E-state index in [1.54, 1.807) is 16.7 Å². The summed E-state index contributed by atoms with van der Waals surface area (Å²) < 4.78 is 0. The monoisotopic (exact) mass is 885 g/mol. The SMILES string of the molecule is C=CCCC1CCC(C2CCC(c3ccc(C)cc3)CC2C2CC(C3CCC(/C=C/C)CC3)CCC2c2ccc(C)cc2)CC1C1CC(C=C)CCC1C1CCC(c2ccc(C)cc2)CC1. The Morgan fingerprint density at radius 1 is 0.424 bits per heavy atom. The summed E-state index contributed by atoms with van der Waals surface area (Å²) in [6.07, 6.45) is 40.7. The molecule has 0 nitrogen and oxygen atoms in total. The standard InChI is InChI=1S/C66H92/c1-7-10-12-54-34-35-59(44-63(54)64-41-48(9-3)21-38-60(64)56-32-30-51(31-33-56)50-22-13-45(4)14-23-50)62-40-37-57(52-24-15-46(5)16-25-52)43-66(62)65-42-58(53-28-19-49(11-8-2)20-29-53)36-39-61(65)55-26-17-47(6)18-27-55/h7-9,11,13-18,22-27,48-49,51,53-54,56-66H,1,3,10,12,19-21,28-44H2,2,4-6H3/b11-8+. The first kappa shape index (κ1) is 47.9. The molecule has 6 saturated carbocycles. The first-order valence-corrected chi connectivity index (χ1v) is 28.3. The molecule has 0 N–H and O–H groups in total. The Hall–Kier alpha value is -3.12. The van der Waals surface area contributed by atoms with Crippen LogP contribution >= 0.6 is 0 Å². The van der Waals surface area contributed by atoms with Gasteiger partial charge in [0.2, 0.25) is 0 Å². The van der Waals surface area contributed by atoms with Gasteiger partial charge in [0.15, 0.2) is 0 Å². The van der Waals surface area contributed by atoms with Crippen molar-refractivity contribution in [2.75, 3.05) is 0 Å². The molecule has 9 rings (SSSR count). The fourth-order valence-electron chi connectivity index (χ4n) is 17.1. The van der Waals surface area contributed by atoms with E-state index < -0.39 is 0 Å². The number of hydrogen-bond acceptors (Lipinski definition) is 0. The second-order valence-corrected chi connectivity index (χ2v) is 24.2. The minimum Gasteiger partial charge on any atom is -0.103 e. The molecule has 66 heavy (non-hydrogen) atoms. The molecule has 12 atom stereocenters. The van der Waals surface area contributed by atoms with Crippen LogP contribution in [0.3, 0.4) is 0 Å². The predicted molar refractivity (Wildman–Crippen MR) is 284 cm³/mol. The molecule has 0 amide bonds. The van der Waals surface area contributed by atoms with Crippen molar-refractivity contribution in [3.05, 3.63) is 144 Å². The van der Waals surface area contributed by atoms with Gasteiger partial charge in [0.1, 0.15) is 0 Å². The molecule has 0 aliphatic heterocycles. The van der Waals surface area contributed by atoms with Crippen molar-refractivity contribution >= 4 is 0 Å². The topological polar surface area (TPSA) is 0 Å². The number of aryl methyl sites for hydroxylation is 3. The third-order valence-electron chi connectivity index (χ3n) is 20.7. The van der Waals surface area contributed by atoms with E-state index in [-0.39, 0.29) is 0 Å². The third kappa shape index (κ3) is 11.2. The Morgan fingerprint density at radius 2 is 0.939 bits per heavy atom. The van der Waals surface area contributed by atoms with Crippen LogP contribution < -0.4 is 0 Å². The zero-order valence-electron chi connectivity index (χ0n) is 42.4. The van der Waals surface area contributed by atoms with Crippen molar-refractivity contribution in [2.45, 2.75) is 187 Å². The fraction of sp³-hybridized carbons (Fsp3) is 0.636. The first-order chi connectivity index (χ1) is 32.3. The summed E-state index contributed by atoms with van der Waals surface area (Å²) in [6, 6.07) is 29.5. The molecule has 6 aliphatic rings. The Labute approximate surface area is 405 Å². The van der Waals surface area contributed by atoms with E-state index in [1.807, 2.05) is 0 Å². The van der Waals surface area contributed by atoms with E-state index in [9.17, 15) is 0 Å². The van der Waals surface area contributed by atoms with Crippen LogP contribution in [0.4, 0.5) is 0 Å². The molecule has 356 valence electrons. The number of allylic oxidation sites excluding steroid dienone is 4. The van der Waals surface area contributed by atoms with E-state index in [0.717, 1.165) is 76.9 Å². The van der Waals surface area contributed by atoms with Crippen molar-refractivity contribution in [3.8, 4) is 0 Å². The summed E-state index contributed by atoms with van der Waals surface area (Å²) in [5.74, 6) is 13.3. The van der Waals surface area contributed by atoms with Gasteiger partial charge in [-0.15, -0.1) is 13.2 Å². The van der Waals surface area contributed by atoms with Gasteiger partial charge in [-0.3, -0.25) is 0 Å². The summed E-state index contributed by atoms with van der Waals surface area (Å²) in [4.78, 5) is 0. The Kier molecular flexibility index (Phi) is 16.4. The van der Waals surface area contributed by atoms with E-state index in [2.05, 4.69) is 138 Å². The van der Waals surface area contributed by atoms with Gasteiger partial charge in [-0.05, 0) is 280 Å². The van der Waals surface area contributed by atoms with Crippen LogP contribution in [0.2, 0.25) is 0 Å². The summed E-state index contributed by atoms with van der Waals surface area (Å²) in [5, 5.41) is 0. The maximum atomic E-state index is 4.48. The summed E-state index contributed by atoms with van der Waals surface area (Å²) in [6.45, 7) is 17.8. The van der Waals surface area contributed by atoms with Crippen molar-refractivity contribution in [1.82, 2.24) is 0 Å². The lowest BCUT2D eigenvalue weighted by Gasteiger charge is -2.54. The lowest BCUT2D eigenvalue weighted by molar-refractivity contribution is -0.0262. The quantitative estimate of drug-likeness (QED) is 0.150. The van der Waals surface area contributed by atoms with Crippen LogP contribution in [-0.2, 0) is 0 Å². The number of rotatable bonds is 13. The molecule has 3 aromatic rings. The van der Waals surface area contributed by atoms with Crippen molar-refractivity contribution in [1.29, 1.82) is 0 Å². The molecule has 3 aromatic carbocycles. The first-order valence-electron chi connectivity index (χ1n) is 28.3. The molecular weight excluding hydrogens is 793 g/mol. The van der Waals surface area contributed by atoms with Crippen LogP contribution in [0.5, 0.6) is 0 Å². The smallest absolute Gasteiger partial charge is 0.0131 e. The average Bonchev–Trinajstić information content (AvgIpc) is 3.36.